The number of rotatable bonds is 3. The molecular formula is C16H13NOS. The first kappa shape index (κ1) is 12.1. The third-order valence-electron chi connectivity index (χ3n) is 3.01. The SMILES string of the molecule is CSc1ccc(-c2oncc2-c2ccccc2)cc1. The quantitative estimate of drug-likeness (QED) is 0.642. The molecule has 3 rings (SSSR count). The highest BCUT2D eigenvalue weighted by Gasteiger charge is 2.12. The van der Waals surface area contributed by atoms with Crippen LogP contribution in [0.25, 0.3) is 22.5 Å². The number of thioether (sulfide) groups is 1. The second-order valence-electron chi connectivity index (χ2n) is 4.16. The molecule has 1 heterocycles. The maximum atomic E-state index is 5.42. The molecule has 0 unspecified atom stereocenters. The summed E-state index contributed by atoms with van der Waals surface area (Å²) in [5, 5.41) is 3.94. The first-order valence-electron chi connectivity index (χ1n) is 6.03. The van der Waals surface area contributed by atoms with E-state index in [1.165, 1.54) is 4.90 Å². The van der Waals surface area contributed by atoms with Gasteiger partial charge in [0, 0.05) is 16.0 Å². The van der Waals surface area contributed by atoms with Crippen molar-refractivity contribution in [2.24, 2.45) is 0 Å². The van der Waals surface area contributed by atoms with Gasteiger partial charge in [0.25, 0.3) is 0 Å². The van der Waals surface area contributed by atoms with Gasteiger partial charge in [0.1, 0.15) is 0 Å². The van der Waals surface area contributed by atoms with E-state index in [2.05, 4.69) is 47.8 Å². The smallest absolute Gasteiger partial charge is 0.174 e. The second-order valence-corrected chi connectivity index (χ2v) is 5.04. The van der Waals surface area contributed by atoms with Gasteiger partial charge in [-0.1, -0.05) is 35.5 Å². The first-order chi connectivity index (χ1) is 9.38. The van der Waals surface area contributed by atoms with Gasteiger partial charge in [-0.25, -0.2) is 0 Å². The minimum Gasteiger partial charge on any atom is -0.356 e. The van der Waals surface area contributed by atoms with E-state index in [-0.39, 0.29) is 0 Å². The Hall–Kier alpha value is -2.00. The van der Waals surface area contributed by atoms with Gasteiger partial charge in [-0.2, -0.15) is 0 Å². The molecule has 1 aromatic heterocycles. The van der Waals surface area contributed by atoms with E-state index in [0.29, 0.717) is 0 Å². The summed E-state index contributed by atoms with van der Waals surface area (Å²) in [6.07, 6.45) is 3.84. The Morgan fingerprint density at radius 2 is 1.63 bits per heavy atom. The fourth-order valence-electron chi connectivity index (χ4n) is 2.01. The summed E-state index contributed by atoms with van der Waals surface area (Å²) in [4.78, 5) is 1.24. The molecule has 0 spiro atoms. The lowest BCUT2D eigenvalue weighted by atomic mass is 10.0. The maximum absolute atomic E-state index is 5.42. The highest BCUT2D eigenvalue weighted by Crippen LogP contribution is 2.32. The molecule has 0 fully saturated rings. The molecule has 2 aromatic carbocycles. The van der Waals surface area contributed by atoms with Crippen molar-refractivity contribution >= 4 is 11.8 Å². The molecule has 0 aliphatic rings. The number of hydrogen-bond acceptors (Lipinski definition) is 3. The lowest BCUT2D eigenvalue weighted by Gasteiger charge is -2.02. The molecule has 0 amide bonds. The highest BCUT2D eigenvalue weighted by molar-refractivity contribution is 7.98. The third-order valence-corrected chi connectivity index (χ3v) is 3.75. The molecule has 0 saturated carbocycles. The van der Waals surface area contributed by atoms with E-state index in [4.69, 9.17) is 4.52 Å². The summed E-state index contributed by atoms with van der Waals surface area (Å²) in [5.41, 5.74) is 3.19. The van der Waals surface area contributed by atoms with Crippen LogP contribution in [0.5, 0.6) is 0 Å². The third kappa shape index (κ3) is 2.42. The fraction of sp³-hybridized carbons (Fsp3) is 0.0625. The zero-order chi connectivity index (χ0) is 13.1. The van der Waals surface area contributed by atoms with Crippen LogP contribution in [0.1, 0.15) is 0 Å². The Bertz CT molecular complexity index is 659. The van der Waals surface area contributed by atoms with Gasteiger partial charge < -0.3 is 4.52 Å². The number of hydrogen-bond donors (Lipinski definition) is 0. The van der Waals surface area contributed by atoms with Gasteiger partial charge in [0.2, 0.25) is 0 Å². The van der Waals surface area contributed by atoms with Crippen molar-refractivity contribution in [3.63, 3.8) is 0 Å². The normalized spacial score (nSPS) is 10.6. The first-order valence-corrected chi connectivity index (χ1v) is 7.25. The summed E-state index contributed by atoms with van der Waals surface area (Å²) in [5.74, 6) is 0.818. The van der Waals surface area contributed by atoms with Gasteiger partial charge in [-0.3, -0.25) is 0 Å². The number of aromatic nitrogens is 1. The summed E-state index contributed by atoms with van der Waals surface area (Å²) in [6, 6.07) is 18.5. The van der Waals surface area contributed by atoms with Crippen molar-refractivity contribution < 1.29 is 4.52 Å². The molecule has 0 saturated heterocycles. The van der Waals surface area contributed by atoms with E-state index in [1.807, 2.05) is 18.2 Å². The molecule has 0 N–H and O–H groups in total. The minimum atomic E-state index is 0.818. The van der Waals surface area contributed by atoms with Crippen LogP contribution in [-0.2, 0) is 0 Å². The molecule has 3 heteroatoms. The summed E-state index contributed by atoms with van der Waals surface area (Å²) >= 11 is 1.73. The standard InChI is InChI=1S/C16H13NOS/c1-19-14-9-7-13(8-10-14)16-15(11-17-18-16)12-5-3-2-4-6-12/h2-11H,1H3. The van der Waals surface area contributed by atoms with Gasteiger partial charge in [-0.05, 0) is 36.1 Å². The van der Waals surface area contributed by atoms with E-state index in [1.54, 1.807) is 18.0 Å². The molecule has 0 aliphatic heterocycles. The van der Waals surface area contributed by atoms with Crippen molar-refractivity contribution in [3.05, 3.63) is 60.8 Å². The predicted octanol–water partition coefficient (Wildman–Crippen LogP) is 4.73. The van der Waals surface area contributed by atoms with Gasteiger partial charge in [0.05, 0.1) is 6.20 Å². The van der Waals surface area contributed by atoms with E-state index in [0.717, 1.165) is 22.5 Å². The molecule has 19 heavy (non-hydrogen) atoms. The van der Waals surface area contributed by atoms with Crippen LogP contribution in [-0.4, -0.2) is 11.4 Å². The van der Waals surface area contributed by atoms with Crippen LogP contribution in [0.2, 0.25) is 0 Å². The molecule has 94 valence electrons. The minimum absolute atomic E-state index is 0.818. The topological polar surface area (TPSA) is 26.0 Å². The van der Waals surface area contributed by atoms with E-state index < -0.39 is 0 Å². The zero-order valence-corrected chi connectivity index (χ0v) is 11.4. The van der Waals surface area contributed by atoms with Crippen LogP contribution >= 0.6 is 11.8 Å². The number of benzene rings is 2. The number of nitrogens with zero attached hydrogens (tertiary/aromatic N) is 1. The summed E-state index contributed by atoms with van der Waals surface area (Å²) < 4.78 is 5.42. The Morgan fingerprint density at radius 3 is 2.32 bits per heavy atom. The van der Waals surface area contributed by atoms with Gasteiger partial charge in [0.15, 0.2) is 5.76 Å². The van der Waals surface area contributed by atoms with Crippen LogP contribution < -0.4 is 0 Å². The van der Waals surface area contributed by atoms with Crippen molar-refractivity contribution in [1.82, 2.24) is 5.16 Å². The van der Waals surface area contributed by atoms with Gasteiger partial charge >= 0.3 is 0 Å². The molecule has 0 radical (unpaired) electrons. The summed E-state index contributed by atoms with van der Waals surface area (Å²) in [6.45, 7) is 0. The fourth-order valence-corrected chi connectivity index (χ4v) is 2.42. The zero-order valence-electron chi connectivity index (χ0n) is 10.5. The van der Waals surface area contributed by atoms with Crippen LogP contribution in [0, 0.1) is 0 Å². The predicted molar refractivity (Wildman–Crippen MR) is 79.2 cm³/mol. The van der Waals surface area contributed by atoms with Crippen molar-refractivity contribution in [2.75, 3.05) is 6.26 Å². The van der Waals surface area contributed by atoms with Crippen LogP contribution in [0.15, 0.2) is 70.2 Å². The Kier molecular flexibility index (Phi) is 3.38. The Morgan fingerprint density at radius 1 is 0.895 bits per heavy atom. The monoisotopic (exact) mass is 267 g/mol. The largest absolute Gasteiger partial charge is 0.356 e. The van der Waals surface area contributed by atoms with E-state index >= 15 is 0 Å². The Balaban J connectivity index is 2.04. The molecule has 2 nitrogen and oxygen atoms in total. The molecule has 3 aromatic rings. The average Bonchev–Trinajstić information content (AvgIpc) is 2.98. The van der Waals surface area contributed by atoms with E-state index in [9.17, 15) is 0 Å². The van der Waals surface area contributed by atoms with Crippen LogP contribution in [0.4, 0.5) is 0 Å². The van der Waals surface area contributed by atoms with Gasteiger partial charge in [-0.15, -0.1) is 11.8 Å². The molecule has 0 bridgehead atoms. The highest BCUT2D eigenvalue weighted by atomic mass is 32.2. The molecule has 0 aliphatic carbocycles. The van der Waals surface area contributed by atoms with Crippen molar-refractivity contribution in [3.8, 4) is 22.5 Å². The Labute approximate surface area is 116 Å². The maximum Gasteiger partial charge on any atom is 0.174 e. The molecule has 0 atom stereocenters. The lowest BCUT2D eigenvalue weighted by Crippen LogP contribution is -1.80. The lowest BCUT2D eigenvalue weighted by molar-refractivity contribution is 0.432. The average molecular weight is 267 g/mol. The summed E-state index contributed by atoms with van der Waals surface area (Å²) in [7, 11) is 0. The van der Waals surface area contributed by atoms with Crippen LogP contribution in [0.3, 0.4) is 0 Å². The second kappa shape index (κ2) is 5.33. The molecular weight excluding hydrogens is 254 g/mol. The van der Waals surface area contributed by atoms with Crippen molar-refractivity contribution in [1.29, 1.82) is 0 Å². The van der Waals surface area contributed by atoms with Crippen molar-refractivity contribution in [2.45, 2.75) is 4.90 Å².